The van der Waals surface area contributed by atoms with Crippen LogP contribution >= 0.6 is 15.9 Å². The number of rotatable bonds is 4. The molecule has 0 radical (unpaired) electrons. The predicted molar refractivity (Wildman–Crippen MR) is 76.8 cm³/mol. The van der Waals surface area contributed by atoms with Crippen LogP contribution in [0.25, 0.3) is 0 Å². The zero-order valence-electron chi connectivity index (χ0n) is 10.8. The van der Waals surface area contributed by atoms with Crippen molar-refractivity contribution in [3.63, 3.8) is 0 Å². The van der Waals surface area contributed by atoms with Crippen molar-refractivity contribution in [3.05, 3.63) is 28.2 Å². The second-order valence-electron chi connectivity index (χ2n) is 5.25. The zero-order chi connectivity index (χ0) is 13.3. The summed E-state index contributed by atoms with van der Waals surface area (Å²) < 4.78 is 0.940. The van der Waals surface area contributed by atoms with E-state index in [0.29, 0.717) is 5.92 Å². The molecular formula is C14H20BrNO2. The van der Waals surface area contributed by atoms with Crippen molar-refractivity contribution in [1.29, 1.82) is 0 Å². The Balaban J connectivity index is 2.02. The molecule has 18 heavy (non-hydrogen) atoms. The van der Waals surface area contributed by atoms with Crippen molar-refractivity contribution in [1.82, 2.24) is 0 Å². The number of hydrogen-bond donors (Lipinski definition) is 2. The Kier molecular flexibility index (Phi) is 4.30. The third kappa shape index (κ3) is 3.05. The second kappa shape index (κ2) is 5.59. The lowest BCUT2D eigenvalue weighted by Gasteiger charge is -2.35. The summed E-state index contributed by atoms with van der Waals surface area (Å²) in [6.07, 6.45) is 1.28. The molecule has 100 valence electrons. The van der Waals surface area contributed by atoms with Crippen LogP contribution in [0.4, 0.5) is 5.69 Å². The lowest BCUT2D eigenvalue weighted by Crippen LogP contribution is -2.37. The maximum Gasteiger partial charge on any atom is 0.0772 e. The van der Waals surface area contributed by atoms with Crippen molar-refractivity contribution in [2.75, 3.05) is 18.5 Å². The first kappa shape index (κ1) is 13.8. The van der Waals surface area contributed by atoms with Gasteiger partial charge in [0.25, 0.3) is 0 Å². The molecule has 4 heteroatoms. The number of aliphatic hydroxyl groups excluding tert-OH is 2. The van der Waals surface area contributed by atoms with E-state index in [2.05, 4.69) is 27.9 Å². The molecule has 1 fully saturated rings. The van der Waals surface area contributed by atoms with E-state index in [1.165, 1.54) is 0 Å². The maximum atomic E-state index is 9.58. The lowest BCUT2D eigenvalue weighted by atomic mass is 9.82. The minimum atomic E-state index is -0.458. The number of aliphatic hydroxyl groups is 2. The third-order valence-corrected chi connectivity index (χ3v) is 4.30. The van der Waals surface area contributed by atoms with Gasteiger partial charge < -0.3 is 15.1 Å². The molecule has 0 saturated heterocycles. The standard InChI is InChI=1S/C14H20BrNO2/c1-9(17)13-4-3-11(7-14(13)15)16(2)8-10-5-12(18)6-10/h3-4,7,9-10,12,17-18H,5-6,8H2,1-2H3/t9-,10?,12?/m1/s1. The van der Waals surface area contributed by atoms with E-state index in [1.807, 2.05) is 18.2 Å². The molecule has 0 spiro atoms. The Bertz CT molecular complexity index is 416. The van der Waals surface area contributed by atoms with Crippen LogP contribution in [-0.2, 0) is 0 Å². The van der Waals surface area contributed by atoms with Crippen LogP contribution in [0.5, 0.6) is 0 Å². The van der Waals surface area contributed by atoms with Crippen molar-refractivity contribution in [3.8, 4) is 0 Å². The molecule has 1 aromatic rings. The topological polar surface area (TPSA) is 43.7 Å². The Morgan fingerprint density at radius 1 is 1.44 bits per heavy atom. The average molecular weight is 314 g/mol. The molecule has 0 aliphatic heterocycles. The van der Waals surface area contributed by atoms with Gasteiger partial charge in [-0.05, 0) is 43.4 Å². The SMILES string of the molecule is C[C@@H](O)c1ccc(N(C)CC2CC(O)C2)cc1Br. The summed E-state index contributed by atoms with van der Waals surface area (Å²) in [5.74, 6) is 0.597. The van der Waals surface area contributed by atoms with E-state index in [0.717, 1.165) is 35.1 Å². The summed E-state index contributed by atoms with van der Waals surface area (Å²) in [6.45, 7) is 2.73. The van der Waals surface area contributed by atoms with E-state index >= 15 is 0 Å². The fourth-order valence-corrected chi connectivity index (χ4v) is 3.13. The van der Waals surface area contributed by atoms with Gasteiger partial charge in [-0.15, -0.1) is 0 Å². The first-order chi connectivity index (χ1) is 8.47. The molecule has 2 rings (SSSR count). The molecule has 1 saturated carbocycles. The zero-order valence-corrected chi connectivity index (χ0v) is 12.4. The molecule has 1 atom stereocenters. The molecule has 1 aliphatic rings. The summed E-state index contributed by atoms with van der Waals surface area (Å²) in [6, 6.07) is 6.02. The maximum absolute atomic E-state index is 9.58. The van der Waals surface area contributed by atoms with Gasteiger partial charge in [0, 0.05) is 23.8 Å². The van der Waals surface area contributed by atoms with E-state index in [-0.39, 0.29) is 6.10 Å². The molecule has 2 N–H and O–H groups in total. The highest BCUT2D eigenvalue weighted by atomic mass is 79.9. The Labute approximate surface area is 117 Å². The fraction of sp³-hybridized carbons (Fsp3) is 0.571. The minimum Gasteiger partial charge on any atom is -0.393 e. The Morgan fingerprint density at radius 3 is 2.61 bits per heavy atom. The molecule has 1 aromatic carbocycles. The normalized spacial score (nSPS) is 24.5. The number of benzene rings is 1. The molecule has 0 bridgehead atoms. The number of halogens is 1. The molecule has 0 unspecified atom stereocenters. The van der Waals surface area contributed by atoms with Gasteiger partial charge in [-0.3, -0.25) is 0 Å². The third-order valence-electron chi connectivity index (χ3n) is 3.62. The van der Waals surface area contributed by atoms with Gasteiger partial charge in [-0.2, -0.15) is 0 Å². The average Bonchev–Trinajstić information content (AvgIpc) is 2.26. The first-order valence-electron chi connectivity index (χ1n) is 6.34. The second-order valence-corrected chi connectivity index (χ2v) is 6.11. The highest BCUT2D eigenvalue weighted by molar-refractivity contribution is 9.10. The van der Waals surface area contributed by atoms with Gasteiger partial charge in [0.1, 0.15) is 0 Å². The Morgan fingerprint density at radius 2 is 2.11 bits per heavy atom. The summed E-state index contributed by atoms with van der Waals surface area (Å²) >= 11 is 3.50. The first-order valence-corrected chi connectivity index (χ1v) is 7.13. The van der Waals surface area contributed by atoms with Crippen LogP contribution in [0, 0.1) is 5.92 Å². The van der Waals surface area contributed by atoms with E-state index in [1.54, 1.807) is 6.92 Å². The summed E-state index contributed by atoms with van der Waals surface area (Å²) in [7, 11) is 2.06. The van der Waals surface area contributed by atoms with Crippen molar-refractivity contribution < 1.29 is 10.2 Å². The largest absolute Gasteiger partial charge is 0.393 e. The van der Waals surface area contributed by atoms with Crippen LogP contribution in [0.15, 0.2) is 22.7 Å². The van der Waals surface area contributed by atoms with Crippen LogP contribution < -0.4 is 4.90 Å². The Hall–Kier alpha value is -0.580. The monoisotopic (exact) mass is 313 g/mol. The molecule has 0 amide bonds. The highest BCUT2D eigenvalue weighted by Crippen LogP contribution is 2.31. The summed E-state index contributed by atoms with van der Waals surface area (Å²) in [4.78, 5) is 2.20. The number of nitrogens with zero attached hydrogens (tertiary/aromatic N) is 1. The van der Waals surface area contributed by atoms with Gasteiger partial charge in [0.05, 0.1) is 12.2 Å². The minimum absolute atomic E-state index is 0.0900. The van der Waals surface area contributed by atoms with Gasteiger partial charge in [0.15, 0.2) is 0 Å². The lowest BCUT2D eigenvalue weighted by molar-refractivity contribution is 0.0465. The van der Waals surface area contributed by atoms with Gasteiger partial charge >= 0.3 is 0 Å². The number of anilines is 1. The quantitative estimate of drug-likeness (QED) is 0.898. The molecule has 1 aliphatic carbocycles. The summed E-state index contributed by atoms with van der Waals surface area (Å²) in [5.41, 5.74) is 2.04. The molecular weight excluding hydrogens is 294 g/mol. The molecule has 3 nitrogen and oxygen atoms in total. The van der Waals surface area contributed by atoms with E-state index < -0.39 is 6.10 Å². The van der Waals surface area contributed by atoms with Crippen LogP contribution in [-0.4, -0.2) is 29.9 Å². The van der Waals surface area contributed by atoms with E-state index in [9.17, 15) is 10.2 Å². The van der Waals surface area contributed by atoms with Crippen molar-refractivity contribution in [2.45, 2.75) is 32.0 Å². The number of hydrogen-bond acceptors (Lipinski definition) is 3. The molecule has 0 aromatic heterocycles. The van der Waals surface area contributed by atoms with Crippen molar-refractivity contribution in [2.24, 2.45) is 5.92 Å². The van der Waals surface area contributed by atoms with Crippen LogP contribution in [0.1, 0.15) is 31.4 Å². The highest BCUT2D eigenvalue weighted by Gasteiger charge is 2.28. The van der Waals surface area contributed by atoms with Gasteiger partial charge in [-0.25, -0.2) is 0 Å². The van der Waals surface area contributed by atoms with E-state index in [4.69, 9.17) is 0 Å². The van der Waals surface area contributed by atoms with Gasteiger partial charge in [0.2, 0.25) is 0 Å². The predicted octanol–water partition coefficient (Wildman–Crippen LogP) is 2.71. The van der Waals surface area contributed by atoms with Crippen LogP contribution in [0.2, 0.25) is 0 Å². The van der Waals surface area contributed by atoms with Crippen molar-refractivity contribution >= 4 is 21.6 Å². The van der Waals surface area contributed by atoms with Gasteiger partial charge in [-0.1, -0.05) is 22.0 Å². The smallest absolute Gasteiger partial charge is 0.0772 e. The fourth-order valence-electron chi connectivity index (χ4n) is 2.43. The molecule has 0 heterocycles. The summed E-state index contributed by atoms with van der Waals surface area (Å²) in [5, 5.41) is 18.9. The van der Waals surface area contributed by atoms with Crippen LogP contribution in [0.3, 0.4) is 0 Å².